The largest absolute Gasteiger partial charge is 0.487 e. The predicted molar refractivity (Wildman–Crippen MR) is 86.8 cm³/mol. The van der Waals surface area contributed by atoms with Crippen LogP contribution in [0, 0.1) is 0 Å². The van der Waals surface area contributed by atoms with Crippen molar-refractivity contribution in [3.05, 3.63) is 29.3 Å². The molecule has 0 radical (unpaired) electrons. The van der Waals surface area contributed by atoms with E-state index in [1.807, 2.05) is 0 Å². The summed E-state index contributed by atoms with van der Waals surface area (Å²) < 4.78 is 6.51. The van der Waals surface area contributed by atoms with Crippen LogP contribution >= 0.6 is 0 Å². The maximum absolute atomic E-state index is 6.51. The highest BCUT2D eigenvalue weighted by Gasteiger charge is 2.33. The van der Waals surface area contributed by atoms with Gasteiger partial charge in [-0.3, -0.25) is 0 Å². The van der Waals surface area contributed by atoms with Gasteiger partial charge in [-0.1, -0.05) is 12.1 Å². The first-order valence-corrected chi connectivity index (χ1v) is 8.32. The van der Waals surface area contributed by atoms with E-state index in [0.29, 0.717) is 6.04 Å². The Kier molecular flexibility index (Phi) is 4.23. The van der Waals surface area contributed by atoms with Crippen molar-refractivity contribution in [2.45, 2.75) is 58.2 Å². The fourth-order valence-corrected chi connectivity index (χ4v) is 3.47. The van der Waals surface area contributed by atoms with Crippen molar-refractivity contribution in [1.29, 1.82) is 0 Å². The summed E-state index contributed by atoms with van der Waals surface area (Å²) in [5.41, 5.74) is 2.82. The van der Waals surface area contributed by atoms with E-state index in [4.69, 9.17) is 4.74 Å². The molecule has 1 N–H and O–H groups in total. The number of ether oxygens (including phenoxy) is 1. The molecule has 0 saturated carbocycles. The Morgan fingerprint density at radius 1 is 1.24 bits per heavy atom. The Morgan fingerprint density at radius 2 is 2.00 bits per heavy atom. The third-order valence-electron chi connectivity index (χ3n) is 5.04. The van der Waals surface area contributed by atoms with Crippen LogP contribution in [0.4, 0.5) is 0 Å². The van der Waals surface area contributed by atoms with Gasteiger partial charge in [0.25, 0.3) is 0 Å². The van der Waals surface area contributed by atoms with E-state index in [1.54, 1.807) is 0 Å². The lowest BCUT2D eigenvalue weighted by molar-refractivity contribution is 0.00722. The molecular weight excluding hydrogens is 260 g/mol. The first-order valence-electron chi connectivity index (χ1n) is 8.32. The molecule has 0 unspecified atom stereocenters. The zero-order valence-corrected chi connectivity index (χ0v) is 13.6. The van der Waals surface area contributed by atoms with Crippen molar-refractivity contribution in [2.75, 3.05) is 19.6 Å². The van der Waals surface area contributed by atoms with Crippen molar-refractivity contribution in [3.63, 3.8) is 0 Å². The van der Waals surface area contributed by atoms with E-state index in [0.717, 1.165) is 51.2 Å². The molecule has 1 saturated heterocycles. The van der Waals surface area contributed by atoms with Crippen molar-refractivity contribution in [1.82, 2.24) is 10.2 Å². The fourth-order valence-electron chi connectivity index (χ4n) is 3.47. The molecule has 2 aliphatic heterocycles. The van der Waals surface area contributed by atoms with Gasteiger partial charge in [0.2, 0.25) is 0 Å². The molecule has 0 atom stereocenters. The van der Waals surface area contributed by atoms with Crippen LogP contribution < -0.4 is 10.1 Å². The van der Waals surface area contributed by atoms with Crippen molar-refractivity contribution >= 4 is 0 Å². The highest BCUT2D eigenvalue weighted by Crippen LogP contribution is 2.33. The Balaban J connectivity index is 1.72. The third-order valence-corrected chi connectivity index (χ3v) is 5.04. The number of nitrogens with one attached hydrogen (secondary N) is 1. The van der Waals surface area contributed by atoms with Gasteiger partial charge < -0.3 is 15.0 Å². The summed E-state index contributed by atoms with van der Waals surface area (Å²) in [4.78, 5) is 2.55. The fraction of sp³-hybridized carbons (Fsp3) is 0.667. The molecule has 0 bridgehead atoms. The second-order valence-corrected chi connectivity index (χ2v) is 7.00. The van der Waals surface area contributed by atoms with Gasteiger partial charge in [-0.15, -0.1) is 0 Å². The molecule has 3 heteroatoms. The van der Waals surface area contributed by atoms with E-state index < -0.39 is 0 Å². The van der Waals surface area contributed by atoms with Crippen molar-refractivity contribution in [2.24, 2.45) is 0 Å². The van der Waals surface area contributed by atoms with Gasteiger partial charge in [-0.05, 0) is 63.8 Å². The number of hydrogen-bond donors (Lipinski definition) is 1. The Morgan fingerprint density at radius 3 is 2.71 bits per heavy atom. The quantitative estimate of drug-likeness (QED) is 0.925. The monoisotopic (exact) mass is 288 g/mol. The van der Waals surface area contributed by atoms with E-state index in [1.165, 1.54) is 11.1 Å². The van der Waals surface area contributed by atoms with Crippen molar-refractivity contribution < 1.29 is 4.74 Å². The molecular formula is C18H28N2O. The molecule has 1 aromatic carbocycles. The second kappa shape index (κ2) is 5.98. The molecule has 1 fully saturated rings. The van der Waals surface area contributed by atoms with Crippen LogP contribution in [0.15, 0.2) is 18.2 Å². The molecule has 1 aromatic rings. The van der Waals surface area contributed by atoms with E-state index in [9.17, 15) is 0 Å². The lowest BCUT2D eigenvalue weighted by Crippen LogP contribution is -2.48. The summed E-state index contributed by atoms with van der Waals surface area (Å²) >= 11 is 0. The molecule has 0 aromatic heterocycles. The predicted octanol–water partition coefficient (Wildman–Crippen LogP) is 2.97. The number of nitrogens with zero attached hydrogens (tertiary/aromatic N) is 1. The minimum Gasteiger partial charge on any atom is -0.487 e. The molecule has 21 heavy (non-hydrogen) atoms. The van der Waals surface area contributed by atoms with Crippen LogP contribution in [0.3, 0.4) is 0 Å². The number of piperidine rings is 1. The van der Waals surface area contributed by atoms with Crippen LogP contribution in [0.5, 0.6) is 5.75 Å². The average molecular weight is 288 g/mol. The lowest BCUT2D eigenvalue weighted by Gasteiger charge is -2.41. The third kappa shape index (κ3) is 3.24. The zero-order chi connectivity index (χ0) is 14.9. The molecule has 2 aliphatic rings. The molecule has 0 amide bonds. The van der Waals surface area contributed by atoms with E-state index in [2.05, 4.69) is 49.2 Å². The Bertz CT molecular complexity index is 490. The summed E-state index contributed by atoms with van der Waals surface area (Å²) in [5.74, 6) is 1.12. The number of fused-ring (bicyclic) bond motifs is 1. The summed E-state index contributed by atoms with van der Waals surface area (Å²) in [7, 11) is 0. The first-order chi connectivity index (χ1) is 10.1. The van der Waals surface area contributed by atoms with Crippen LogP contribution in [0.25, 0.3) is 0 Å². The summed E-state index contributed by atoms with van der Waals surface area (Å²) in [6.07, 6.45) is 3.32. The Labute approximate surface area is 128 Å². The minimum atomic E-state index is -0.00854. The lowest BCUT2D eigenvalue weighted by atomic mass is 9.92. The number of rotatable bonds is 3. The van der Waals surface area contributed by atoms with Crippen LogP contribution in [0.1, 0.15) is 44.7 Å². The molecule has 0 spiro atoms. The van der Waals surface area contributed by atoms with Gasteiger partial charge in [0.1, 0.15) is 11.4 Å². The van der Waals surface area contributed by atoms with Crippen LogP contribution in [0.2, 0.25) is 0 Å². The number of benzene rings is 1. The molecule has 0 aliphatic carbocycles. The van der Waals surface area contributed by atoms with Gasteiger partial charge in [0, 0.05) is 25.7 Å². The standard InChI is InChI=1S/C18H28N2O/c1-14(2)20-11-8-18(3,9-12-20)21-17-6-4-5-15-13-19-10-7-16(15)17/h4-6,14,19H,7-13H2,1-3H3. The van der Waals surface area contributed by atoms with Crippen molar-refractivity contribution in [3.8, 4) is 5.75 Å². The van der Waals surface area contributed by atoms with Crippen LogP contribution in [-0.2, 0) is 13.0 Å². The second-order valence-electron chi connectivity index (χ2n) is 7.00. The molecule has 3 rings (SSSR count). The topological polar surface area (TPSA) is 24.5 Å². The SMILES string of the molecule is CC(C)N1CCC(C)(Oc2cccc3c2CCNC3)CC1. The molecule has 116 valence electrons. The van der Waals surface area contributed by atoms with Crippen LogP contribution in [-0.4, -0.2) is 36.2 Å². The maximum atomic E-state index is 6.51. The van der Waals surface area contributed by atoms with Gasteiger partial charge >= 0.3 is 0 Å². The van der Waals surface area contributed by atoms with E-state index in [-0.39, 0.29) is 5.60 Å². The summed E-state index contributed by atoms with van der Waals surface area (Å²) in [5, 5.41) is 3.44. The minimum absolute atomic E-state index is 0.00854. The molecule has 2 heterocycles. The number of hydrogen-bond acceptors (Lipinski definition) is 3. The highest BCUT2D eigenvalue weighted by atomic mass is 16.5. The average Bonchev–Trinajstić information content (AvgIpc) is 2.48. The molecule has 3 nitrogen and oxygen atoms in total. The number of likely N-dealkylation sites (tertiary alicyclic amines) is 1. The van der Waals surface area contributed by atoms with Gasteiger partial charge in [0.05, 0.1) is 0 Å². The van der Waals surface area contributed by atoms with Gasteiger partial charge in [0.15, 0.2) is 0 Å². The smallest absolute Gasteiger partial charge is 0.123 e. The summed E-state index contributed by atoms with van der Waals surface area (Å²) in [6.45, 7) is 11.2. The highest BCUT2D eigenvalue weighted by molar-refractivity contribution is 5.42. The first kappa shape index (κ1) is 14.9. The maximum Gasteiger partial charge on any atom is 0.123 e. The van der Waals surface area contributed by atoms with Gasteiger partial charge in [-0.2, -0.15) is 0 Å². The van der Waals surface area contributed by atoms with E-state index >= 15 is 0 Å². The Hall–Kier alpha value is -1.06. The normalized spacial score (nSPS) is 22.1. The zero-order valence-electron chi connectivity index (χ0n) is 13.6. The van der Waals surface area contributed by atoms with Gasteiger partial charge in [-0.25, -0.2) is 0 Å². The summed E-state index contributed by atoms with van der Waals surface area (Å²) in [6, 6.07) is 7.15.